The number of phosphoric acid groups is 1. The fraction of sp³-hybridized carbons (Fsp3) is 0.286. The summed E-state index contributed by atoms with van der Waals surface area (Å²) in [5.41, 5.74) is 1.07. The largest absolute Gasteiger partial charge is 0.496 e. The standard InChI is InChI=1S/C49H45ClFN6O10PS/c1-57(28-66-68(60,61)62)22-19-56(20-23-57)21-24-64-38-14-13-33-39(42(38)50)34-25-29(51)11-12-31(34)43-40(33)41-46(53-27-54-47(41)69-43)67-44(48(58)59)49(16-17-49)35-8-4-6-10-37(35)65-26-30-15-18-52-45(55-30)32-7-3-5-9-36(32)63-2/h3-15,18,25,27,44H,16-17,19-24,26,28H2,1-2H3,(H2-,58,59,60,61,62)/p+1/t44-/m0/s1. The lowest BCUT2D eigenvalue weighted by molar-refractivity contribution is -0.928. The van der Waals surface area contributed by atoms with E-state index < -0.39 is 31.1 Å². The molecule has 2 aliphatic rings. The zero-order valence-electron chi connectivity index (χ0n) is 37.4. The van der Waals surface area contributed by atoms with Crippen LogP contribution >= 0.6 is 30.8 Å². The molecule has 3 N–H and O–H groups in total. The Bertz CT molecular complexity index is 3330. The second kappa shape index (κ2) is 18.7. The summed E-state index contributed by atoms with van der Waals surface area (Å²) in [4.78, 5) is 52.9. The maximum absolute atomic E-state index is 15.1. The van der Waals surface area contributed by atoms with Gasteiger partial charge in [-0.1, -0.05) is 48.0 Å². The van der Waals surface area contributed by atoms with Crippen molar-refractivity contribution in [2.24, 2.45) is 0 Å². The predicted molar refractivity (Wildman–Crippen MR) is 259 cm³/mol. The quantitative estimate of drug-likeness (QED) is 0.0445. The van der Waals surface area contributed by atoms with Crippen LogP contribution in [0.25, 0.3) is 53.2 Å². The molecule has 1 saturated heterocycles. The smallest absolute Gasteiger partial charge is 0.474 e. The Labute approximate surface area is 403 Å². The highest BCUT2D eigenvalue weighted by Gasteiger charge is 2.57. The molecular formula is C49H46ClFN6O10PS+. The SMILES string of the molecule is COc1ccccc1-c1nccc(COc2ccccc2C2([C@@H](Oc3ncnc4sc5c6ccc(F)cc6c6c(Cl)c(OCCN7CC[N+](C)(COP(=O)(O)O)CC7)ccc6c5c34)C(=O)O)CC2)n1. The van der Waals surface area contributed by atoms with Gasteiger partial charge in [-0.3, -0.25) is 4.90 Å². The van der Waals surface area contributed by atoms with Gasteiger partial charge in [0.25, 0.3) is 0 Å². The van der Waals surface area contributed by atoms with Crippen molar-refractivity contribution in [3.8, 4) is 34.5 Å². The number of aromatic nitrogens is 4. The molecule has 356 valence electrons. The molecule has 0 unspecified atom stereocenters. The summed E-state index contributed by atoms with van der Waals surface area (Å²) < 4.78 is 57.2. The van der Waals surface area contributed by atoms with Gasteiger partial charge >= 0.3 is 13.8 Å². The number of aliphatic carboxylic acids is 1. The maximum Gasteiger partial charge on any atom is 0.474 e. The zero-order chi connectivity index (χ0) is 48.1. The first-order valence-corrected chi connectivity index (χ1v) is 24.8. The lowest BCUT2D eigenvalue weighted by Gasteiger charge is -2.41. The van der Waals surface area contributed by atoms with Crippen LogP contribution < -0.4 is 18.9 Å². The Balaban J connectivity index is 0.947. The van der Waals surface area contributed by atoms with Gasteiger partial charge in [-0.05, 0) is 72.1 Å². The second-order valence-corrected chi connectivity index (χ2v) is 20.1. The minimum atomic E-state index is -4.58. The number of carboxylic acids is 1. The number of carbonyl (C=O) groups is 1. The van der Waals surface area contributed by atoms with E-state index in [1.807, 2.05) is 61.6 Å². The van der Waals surface area contributed by atoms with Crippen molar-refractivity contribution >= 4 is 78.6 Å². The van der Waals surface area contributed by atoms with Gasteiger partial charge in [0.1, 0.15) is 47.4 Å². The summed E-state index contributed by atoms with van der Waals surface area (Å²) in [6.07, 6.45) is 2.65. The van der Waals surface area contributed by atoms with Crippen molar-refractivity contribution in [1.82, 2.24) is 24.8 Å². The van der Waals surface area contributed by atoms with E-state index in [-0.39, 0.29) is 30.8 Å². The molecule has 16 nitrogen and oxygen atoms in total. The van der Waals surface area contributed by atoms with E-state index in [0.717, 1.165) is 10.3 Å². The van der Waals surface area contributed by atoms with Crippen LogP contribution in [0.15, 0.2) is 97.5 Å². The highest BCUT2D eigenvalue weighted by Crippen LogP contribution is 2.56. The Kier molecular flexibility index (Phi) is 12.6. The highest BCUT2D eigenvalue weighted by molar-refractivity contribution is 7.46. The van der Waals surface area contributed by atoms with Crippen LogP contribution in [0.4, 0.5) is 4.39 Å². The van der Waals surface area contributed by atoms with Crippen molar-refractivity contribution in [3.63, 3.8) is 0 Å². The van der Waals surface area contributed by atoms with Crippen LogP contribution in [0, 0.1) is 5.82 Å². The molecular weight excluding hydrogens is 950 g/mol. The number of piperazine rings is 1. The summed E-state index contributed by atoms with van der Waals surface area (Å²) >= 11 is 8.62. The van der Waals surface area contributed by atoms with Gasteiger partial charge in [0, 0.05) is 57.7 Å². The monoisotopic (exact) mass is 995 g/mol. The van der Waals surface area contributed by atoms with Crippen LogP contribution in [0.5, 0.6) is 23.1 Å². The van der Waals surface area contributed by atoms with Crippen LogP contribution in [0.3, 0.4) is 0 Å². The van der Waals surface area contributed by atoms with Gasteiger partial charge in [0.15, 0.2) is 12.6 Å². The number of hydrogen-bond donors (Lipinski definition) is 3. The van der Waals surface area contributed by atoms with Crippen molar-refractivity contribution in [3.05, 3.63) is 120 Å². The number of phosphoric ester groups is 1. The van der Waals surface area contributed by atoms with Gasteiger partial charge in [0.05, 0.1) is 48.9 Å². The first-order chi connectivity index (χ1) is 33.2. The Morgan fingerprint density at radius 1 is 0.913 bits per heavy atom. The van der Waals surface area contributed by atoms with E-state index in [4.69, 9.17) is 40.1 Å². The normalized spacial score (nSPS) is 16.2. The molecule has 1 atom stereocenters. The lowest BCUT2D eigenvalue weighted by Crippen LogP contribution is -2.58. The topological polar surface area (TPSA) is 196 Å². The summed E-state index contributed by atoms with van der Waals surface area (Å²) in [7, 11) is -1.09. The molecule has 3 aromatic heterocycles. The van der Waals surface area contributed by atoms with Crippen molar-refractivity contribution < 1.29 is 56.6 Å². The molecule has 69 heavy (non-hydrogen) atoms. The van der Waals surface area contributed by atoms with Crippen LogP contribution in [-0.4, -0.2) is 117 Å². The van der Waals surface area contributed by atoms with Crippen LogP contribution in [-0.2, 0) is 25.9 Å². The highest BCUT2D eigenvalue weighted by atomic mass is 35.5. The number of benzene rings is 5. The van der Waals surface area contributed by atoms with E-state index >= 15 is 4.39 Å². The maximum atomic E-state index is 15.1. The average molecular weight is 996 g/mol. The second-order valence-electron chi connectivity index (χ2n) is 17.5. The molecule has 8 aromatic rings. The molecule has 10 rings (SSSR count). The number of rotatable bonds is 17. The Morgan fingerprint density at radius 3 is 2.42 bits per heavy atom. The third kappa shape index (κ3) is 9.26. The van der Waals surface area contributed by atoms with Crippen molar-refractivity contribution in [1.29, 1.82) is 0 Å². The number of nitrogens with zero attached hydrogens (tertiary/aromatic N) is 6. The first kappa shape index (κ1) is 46.6. The number of carboxylic acid groups (broad SMARTS) is 1. The van der Waals surface area contributed by atoms with E-state index in [1.165, 1.54) is 29.8 Å². The minimum absolute atomic E-state index is 0.0805. The molecule has 4 heterocycles. The number of quaternary nitrogens is 1. The van der Waals surface area contributed by atoms with Crippen molar-refractivity contribution in [2.45, 2.75) is 31.0 Å². The summed E-state index contributed by atoms with van der Waals surface area (Å²) in [5, 5.41) is 14.9. The lowest BCUT2D eigenvalue weighted by atomic mass is 9.89. The molecule has 1 aliphatic carbocycles. The van der Waals surface area contributed by atoms with E-state index in [1.54, 1.807) is 31.5 Å². The molecule has 2 fully saturated rings. The van der Waals surface area contributed by atoms with Crippen molar-refractivity contribution in [2.75, 3.05) is 60.2 Å². The van der Waals surface area contributed by atoms with Crippen LogP contribution in [0.1, 0.15) is 24.1 Å². The van der Waals surface area contributed by atoms with E-state index in [2.05, 4.69) is 19.9 Å². The number of halogens is 2. The number of para-hydroxylation sites is 2. The van der Waals surface area contributed by atoms with Gasteiger partial charge in [-0.25, -0.2) is 38.2 Å². The van der Waals surface area contributed by atoms with Gasteiger partial charge in [-0.2, -0.15) is 0 Å². The molecule has 5 aromatic carbocycles. The fourth-order valence-electron chi connectivity index (χ4n) is 9.26. The third-order valence-electron chi connectivity index (χ3n) is 13.0. The Hall–Kier alpha value is -6.08. The number of methoxy groups -OCH3 is 1. The van der Waals surface area contributed by atoms with Gasteiger partial charge in [0.2, 0.25) is 12.0 Å². The molecule has 0 bridgehead atoms. The number of fused-ring (bicyclic) bond motifs is 8. The fourth-order valence-corrected chi connectivity index (χ4v) is 11.2. The van der Waals surface area contributed by atoms with Gasteiger partial charge < -0.3 is 38.3 Å². The number of hydrogen-bond acceptors (Lipinski definition) is 13. The molecule has 1 saturated carbocycles. The number of thiophene rings is 1. The number of likely N-dealkylation sites (N-methyl/N-ethyl adjacent to an activating group) is 1. The summed E-state index contributed by atoms with van der Waals surface area (Å²) in [5.74, 6) is 0.469. The summed E-state index contributed by atoms with van der Waals surface area (Å²) in [6.45, 7) is 3.43. The third-order valence-corrected chi connectivity index (χ3v) is 15.0. The average Bonchev–Trinajstić information content (AvgIpc) is 4.05. The molecule has 0 spiro atoms. The molecule has 0 radical (unpaired) electrons. The minimum Gasteiger partial charge on any atom is -0.496 e. The number of ether oxygens (including phenoxy) is 4. The predicted octanol–water partition coefficient (Wildman–Crippen LogP) is 8.76. The summed E-state index contributed by atoms with van der Waals surface area (Å²) in [6, 6.07) is 24.8. The van der Waals surface area contributed by atoms with E-state index in [0.29, 0.717) is 122 Å². The first-order valence-electron chi connectivity index (χ1n) is 22.1. The van der Waals surface area contributed by atoms with Gasteiger partial charge in [-0.15, -0.1) is 11.3 Å². The molecule has 20 heteroatoms. The molecule has 1 aliphatic heterocycles. The van der Waals surface area contributed by atoms with E-state index in [9.17, 15) is 24.3 Å². The molecule has 0 amide bonds. The zero-order valence-corrected chi connectivity index (χ0v) is 39.8. The van der Waals surface area contributed by atoms with Crippen LogP contribution in [0.2, 0.25) is 5.02 Å². The Morgan fingerprint density at radius 2 is 1.67 bits per heavy atom.